The Hall–Kier alpha value is -1.75. The Labute approximate surface area is 103 Å². The first kappa shape index (κ1) is 13.3. The maximum atomic E-state index is 10.6. The molecule has 0 radical (unpaired) electrons. The van der Waals surface area contributed by atoms with Gasteiger partial charge in [-0.2, -0.15) is 0 Å². The molecule has 1 aromatic rings. The number of rotatable bonds is 6. The third kappa shape index (κ3) is 3.64. The highest BCUT2D eigenvalue weighted by molar-refractivity contribution is 6.32. The smallest absolute Gasteiger partial charge is 0.341 e. The first-order valence-electron chi connectivity index (χ1n) is 4.84. The molecule has 0 saturated heterocycles. The molecule has 6 heteroatoms. The molecule has 0 aliphatic heterocycles. The molecular formula is C11H11ClO5. The van der Waals surface area contributed by atoms with Crippen molar-refractivity contribution in [2.24, 2.45) is 0 Å². The van der Waals surface area contributed by atoms with Gasteiger partial charge in [0.1, 0.15) is 6.29 Å². The number of hydrogen-bond acceptors (Lipinski definition) is 4. The lowest BCUT2D eigenvalue weighted by molar-refractivity contribution is -0.139. The summed E-state index contributed by atoms with van der Waals surface area (Å²) in [6.07, 6.45) is 0.620. The number of ether oxygens (including phenoxy) is 2. The van der Waals surface area contributed by atoms with Gasteiger partial charge in [0.25, 0.3) is 0 Å². The number of carboxylic acid groups (broad SMARTS) is 1. The molecule has 1 aromatic carbocycles. The molecule has 0 unspecified atom stereocenters. The Bertz CT molecular complexity index is 430. The van der Waals surface area contributed by atoms with Gasteiger partial charge in [-0.15, -0.1) is 0 Å². The van der Waals surface area contributed by atoms with Gasteiger partial charge >= 0.3 is 5.97 Å². The van der Waals surface area contributed by atoms with E-state index in [2.05, 4.69) is 0 Å². The third-order valence-corrected chi connectivity index (χ3v) is 2.09. The quantitative estimate of drug-likeness (QED) is 0.790. The van der Waals surface area contributed by atoms with Gasteiger partial charge in [-0.1, -0.05) is 11.6 Å². The summed E-state index contributed by atoms with van der Waals surface area (Å²) in [5.41, 5.74) is 0.334. The van der Waals surface area contributed by atoms with Crippen LogP contribution >= 0.6 is 11.6 Å². The lowest BCUT2D eigenvalue weighted by Crippen LogP contribution is -2.11. The molecular weight excluding hydrogens is 248 g/mol. The van der Waals surface area contributed by atoms with Gasteiger partial charge in [0.15, 0.2) is 18.1 Å². The van der Waals surface area contributed by atoms with Gasteiger partial charge in [0.2, 0.25) is 0 Å². The minimum atomic E-state index is -1.12. The zero-order valence-electron chi connectivity index (χ0n) is 9.10. The van der Waals surface area contributed by atoms with Crippen molar-refractivity contribution in [1.29, 1.82) is 0 Å². The van der Waals surface area contributed by atoms with E-state index < -0.39 is 12.6 Å². The molecule has 0 aromatic heterocycles. The van der Waals surface area contributed by atoms with Gasteiger partial charge in [-0.25, -0.2) is 4.79 Å². The Morgan fingerprint density at radius 2 is 2.18 bits per heavy atom. The maximum Gasteiger partial charge on any atom is 0.341 e. The fourth-order valence-electron chi connectivity index (χ4n) is 1.19. The molecule has 0 heterocycles. The molecule has 0 saturated carbocycles. The maximum absolute atomic E-state index is 10.6. The van der Waals surface area contributed by atoms with Crippen LogP contribution in [0, 0.1) is 0 Å². The van der Waals surface area contributed by atoms with Crippen molar-refractivity contribution >= 4 is 23.9 Å². The Morgan fingerprint density at radius 3 is 2.71 bits per heavy atom. The average Bonchev–Trinajstić information content (AvgIpc) is 2.27. The topological polar surface area (TPSA) is 72.8 Å². The number of benzene rings is 1. The molecule has 0 aliphatic carbocycles. The Balaban J connectivity index is 3.06. The number of carboxylic acids is 1. The highest BCUT2D eigenvalue weighted by Crippen LogP contribution is 2.36. The number of carbonyl (C=O) groups excluding carboxylic acids is 1. The Kier molecular flexibility index (Phi) is 4.78. The van der Waals surface area contributed by atoms with Crippen molar-refractivity contribution in [3.8, 4) is 11.5 Å². The molecule has 0 fully saturated rings. The fourth-order valence-corrected chi connectivity index (χ4v) is 1.47. The van der Waals surface area contributed by atoms with Crippen molar-refractivity contribution in [2.45, 2.75) is 6.92 Å². The lowest BCUT2D eigenvalue weighted by atomic mass is 10.2. The van der Waals surface area contributed by atoms with Crippen LogP contribution < -0.4 is 9.47 Å². The van der Waals surface area contributed by atoms with Crippen molar-refractivity contribution in [3.05, 3.63) is 22.7 Å². The number of aliphatic carboxylic acids is 1. The molecule has 0 aliphatic rings. The van der Waals surface area contributed by atoms with E-state index in [-0.39, 0.29) is 16.5 Å². The second kappa shape index (κ2) is 6.10. The van der Waals surface area contributed by atoms with Gasteiger partial charge < -0.3 is 14.6 Å². The van der Waals surface area contributed by atoms with E-state index in [1.165, 1.54) is 12.1 Å². The number of hydrogen-bond donors (Lipinski definition) is 1. The van der Waals surface area contributed by atoms with Gasteiger partial charge in [-0.3, -0.25) is 4.79 Å². The summed E-state index contributed by atoms with van der Waals surface area (Å²) in [5, 5.41) is 8.66. The fraction of sp³-hybridized carbons (Fsp3) is 0.273. The molecule has 0 spiro atoms. The summed E-state index contributed by atoms with van der Waals surface area (Å²) < 4.78 is 10.2. The van der Waals surface area contributed by atoms with E-state index in [1.807, 2.05) is 0 Å². The second-order valence-electron chi connectivity index (χ2n) is 3.06. The zero-order valence-corrected chi connectivity index (χ0v) is 9.86. The summed E-state index contributed by atoms with van der Waals surface area (Å²) in [5.74, 6) is -0.743. The summed E-state index contributed by atoms with van der Waals surface area (Å²) in [6.45, 7) is 1.57. The highest BCUT2D eigenvalue weighted by atomic mass is 35.5. The number of halogens is 1. The van der Waals surface area contributed by atoms with Crippen molar-refractivity contribution in [1.82, 2.24) is 0 Å². The van der Waals surface area contributed by atoms with Crippen LogP contribution in [-0.4, -0.2) is 30.6 Å². The van der Waals surface area contributed by atoms with E-state index in [0.717, 1.165) is 0 Å². The molecule has 17 heavy (non-hydrogen) atoms. The van der Waals surface area contributed by atoms with E-state index in [1.54, 1.807) is 6.92 Å². The van der Waals surface area contributed by atoms with E-state index in [9.17, 15) is 9.59 Å². The SMILES string of the molecule is CCOc1cc(C=O)cc(Cl)c1OCC(=O)O. The predicted octanol–water partition coefficient (Wildman–Crippen LogP) is 2.01. The van der Waals surface area contributed by atoms with Gasteiger partial charge in [0.05, 0.1) is 11.6 Å². The summed E-state index contributed by atoms with van der Waals surface area (Å²) in [6, 6.07) is 2.83. The van der Waals surface area contributed by atoms with Crippen LogP contribution in [0.3, 0.4) is 0 Å². The van der Waals surface area contributed by atoms with E-state index in [0.29, 0.717) is 18.5 Å². The summed E-state index contributed by atoms with van der Waals surface area (Å²) in [7, 11) is 0. The minimum Gasteiger partial charge on any atom is -0.490 e. The van der Waals surface area contributed by atoms with Crippen LogP contribution in [0.2, 0.25) is 5.02 Å². The zero-order chi connectivity index (χ0) is 12.8. The summed E-state index contributed by atoms with van der Waals surface area (Å²) in [4.78, 5) is 21.1. The molecule has 1 N–H and O–H groups in total. The van der Waals surface area contributed by atoms with Crippen LogP contribution in [0.25, 0.3) is 0 Å². The molecule has 0 atom stereocenters. The second-order valence-corrected chi connectivity index (χ2v) is 3.47. The standard InChI is InChI=1S/C11H11ClO5/c1-2-16-9-4-7(5-13)3-8(12)11(9)17-6-10(14)15/h3-5H,2,6H2,1H3,(H,14,15). The van der Waals surface area contributed by atoms with Crippen LogP contribution in [0.4, 0.5) is 0 Å². The van der Waals surface area contributed by atoms with Crippen molar-refractivity contribution < 1.29 is 24.2 Å². The van der Waals surface area contributed by atoms with Crippen LogP contribution in [0.1, 0.15) is 17.3 Å². The molecule has 5 nitrogen and oxygen atoms in total. The van der Waals surface area contributed by atoms with Crippen LogP contribution in [-0.2, 0) is 4.79 Å². The van der Waals surface area contributed by atoms with Crippen LogP contribution in [0.5, 0.6) is 11.5 Å². The monoisotopic (exact) mass is 258 g/mol. The third-order valence-electron chi connectivity index (χ3n) is 1.81. The molecule has 92 valence electrons. The van der Waals surface area contributed by atoms with Crippen molar-refractivity contribution in [2.75, 3.05) is 13.2 Å². The average molecular weight is 259 g/mol. The first-order valence-corrected chi connectivity index (χ1v) is 5.22. The minimum absolute atomic E-state index is 0.126. The molecule has 1 rings (SSSR count). The number of aldehydes is 1. The predicted molar refractivity (Wildman–Crippen MR) is 61.1 cm³/mol. The normalized spacial score (nSPS) is 9.76. The Morgan fingerprint density at radius 1 is 1.47 bits per heavy atom. The number of carbonyl (C=O) groups is 2. The van der Waals surface area contributed by atoms with E-state index in [4.69, 9.17) is 26.2 Å². The summed E-state index contributed by atoms with van der Waals surface area (Å²) >= 11 is 5.88. The van der Waals surface area contributed by atoms with Gasteiger partial charge in [-0.05, 0) is 19.1 Å². The van der Waals surface area contributed by atoms with Crippen LogP contribution in [0.15, 0.2) is 12.1 Å². The van der Waals surface area contributed by atoms with Crippen molar-refractivity contribution in [3.63, 3.8) is 0 Å². The first-order chi connectivity index (χ1) is 8.08. The molecule has 0 amide bonds. The largest absolute Gasteiger partial charge is 0.490 e. The highest BCUT2D eigenvalue weighted by Gasteiger charge is 2.13. The van der Waals surface area contributed by atoms with Gasteiger partial charge in [0, 0.05) is 5.56 Å². The molecule has 0 bridgehead atoms. The lowest BCUT2D eigenvalue weighted by Gasteiger charge is -2.12. The van der Waals surface area contributed by atoms with E-state index >= 15 is 0 Å².